The first-order chi connectivity index (χ1) is 11.4. The van der Waals surface area contributed by atoms with Crippen molar-refractivity contribution in [2.45, 2.75) is 6.42 Å². The van der Waals surface area contributed by atoms with Crippen LogP contribution in [0.2, 0.25) is 0 Å². The lowest BCUT2D eigenvalue weighted by molar-refractivity contribution is -0.137. The average Bonchev–Trinajstić information content (AvgIpc) is 2.60. The van der Waals surface area contributed by atoms with Crippen molar-refractivity contribution in [2.24, 2.45) is 0 Å². The van der Waals surface area contributed by atoms with E-state index >= 15 is 0 Å². The van der Waals surface area contributed by atoms with Gasteiger partial charge in [-0.15, -0.1) is 0 Å². The molecule has 24 heavy (non-hydrogen) atoms. The van der Waals surface area contributed by atoms with Crippen molar-refractivity contribution < 1.29 is 17.9 Å². The van der Waals surface area contributed by atoms with Crippen LogP contribution in [0.15, 0.2) is 54.6 Å². The van der Waals surface area contributed by atoms with Crippen LogP contribution in [0, 0.1) is 0 Å². The second-order valence-electron chi connectivity index (χ2n) is 5.47. The molecule has 2 aromatic carbocycles. The van der Waals surface area contributed by atoms with Crippen LogP contribution in [-0.4, -0.2) is 45.1 Å². The number of hydrogen-bond donors (Lipinski definition) is 0. The molecule has 0 aliphatic carbocycles. The fourth-order valence-electron chi connectivity index (χ4n) is 2.24. The van der Waals surface area contributed by atoms with Gasteiger partial charge in [-0.3, -0.25) is 4.79 Å². The van der Waals surface area contributed by atoms with E-state index < -0.39 is 21.7 Å². The molecule has 0 spiro atoms. The number of sulfonamides is 1. The van der Waals surface area contributed by atoms with E-state index in [-0.39, 0.29) is 0 Å². The van der Waals surface area contributed by atoms with E-state index in [4.69, 9.17) is 0 Å². The summed E-state index contributed by atoms with van der Waals surface area (Å²) < 4.78 is 29.6. The van der Waals surface area contributed by atoms with Crippen LogP contribution >= 0.6 is 0 Å². The second-order valence-corrected chi connectivity index (χ2v) is 7.54. The molecule has 0 atom stereocenters. The summed E-state index contributed by atoms with van der Waals surface area (Å²) in [5.41, 5.74) is 3.29. The lowest BCUT2D eigenvalue weighted by atomic mass is 10.0. The summed E-state index contributed by atoms with van der Waals surface area (Å²) in [5.74, 6) is -1.39. The highest BCUT2D eigenvalue weighted by Crippen LogP contribution is 2.19. The molecule has 0 aliphatic rings. The maximum atomic E-state index is 12.0. The van der Waals surface area contributed by atoms with Crippen LogP contribution in [0.3, 0.4) is 0 Å². The number of carbonyl (C=O) groups is 1. The molecule has 5 nitrogen and oxygen atoms in total. The van der Waals surface area contributed by atoms with Crippen LogP contribution in [0.1, 0.15) is 5.56 Å². The average molecular weight is 347 g/mol. The van der Waals surface area contributed by atoms with Crippen molar-refractivity contribution in [2.75, 3.05) is 26.5 Å². The molecule has 0 amide bonds. The highest BCUT2D eigenvalue weighted by molar-refractivity contribution is 7.89. The predicted molar refractivity (Wildman–Crippen MR) is 94.0 cm³/mol. The van der Waals surface area contributed by atoms with Gasteiger partial charge in [0.15, 0.2) is 5.75 Å². The zero-order valence-corrected chi connectivity index (χ0v) is 14.6. The van der Waals surface area contributed by atoms with Crippen molar-refractivity contribution in [3.63, 3.8) is 0 Å². The van der Waals surface area contributed by atoms with Crippen LogP contribution in [0.5, 0.6) is 0 Å². The number of carbonyl (C=O) groups excluding carboxylic acids is 1. The largest absolute Gasteiger partial charge is 0.468 e. The van der Waals surface area contributed by atoms with Gasteiger partial charge in [0.25, 0.3) is 0 Å². The molecule has 0 fully saturated rings. The fourth-order valence-corrected chi connectivity index (χ4v) is 3.24. The predicted octanol–water partition coefficient (Wildman–Crippen LogP) is 2.33. The van der Waals surface area contributed by atoms with Gasteiger partial charge < -0.3 is 4.74 Å². The van der Waals surface area contributed by atoms with Gasteiger partial charge >= 0.3 is 5.97 Å². The molecule has 2 aromatic rings. The quantitative estimate of drug-likeness (QED) is 0.721. The summed E-state index contributed by atoms with van der Waals surface area (Å²) in [5, 5.41) is 0. The Morgan fingerprint density at radius 3 is 2.17 bits per heavy atom. The molecule has 0 aliphatic heterocycles. The van der Waals surface area contributed by atoms with E-state index in [1.807, 2.05) is 54.6 Å². The third-order valence-electron chi connectivity index (χ3n) is 3.78. The maximum Gasteiger partial charge on any atom is 0.322 e. The van der Waals surface area contributed by atoms with Gasteiger partial charge in [-0.05, 0) is 23.1 Å². The minimum absolute atomic E-state index is 0.310. The molecule has 0 heterocycles. The minimum Gasteiger partial charge on any atom is -0.468 e. The molecule has 0 radical (unpaired) electrons. The first-order valence-electron chi connectivity index (χ1n) is 7.57. The number of esters is 1. The normalized spacial score (nSPS) is 11.5. The zero-order chi connectivity index (χ0) is 17.6. The Kier molecular flexibility index (Phi) is 6.11. The summed E-state index contributed by atoms with van der Waals surface area (Å²) >= 11 is 0. The van der Waals surface area contributed by atoms with Gasteiger partial charge in [-0.25, -0.2) is 12.7 Å². The molecule has 6 heteroatoms. The Balaban J connectivity index is 1.96. The number of ether oxygens (including phenoxy) is 1. The third-order valence-corrected chi connectivity index (χ3v) is 5.51. The van der Waals surface area contributed by atoms with Crippen molar-refractivity contribution in [3.8, 4) is 11.1 Å². The first kappa shape index (κ1) is 18.2. The molecule has 0 saturated heterocycles. The smallest absolute Gasteiger partial charge is 0.322 e. The van der Waals surface area contributed by atoms with Crippen LogP contribution in [0.25, 0.3) is 11.1 Å². The van der Waals surface area contributed by atoms with Crippen molar-refractivity contribution in [1.82, 2.24) is 4.31 Å². The molecule has 0 bridgehead atoms. The number of hydrogen-bond acceptors (Lipinski definition) is 4. The van der Waals surface area contributed by atoms with Crippen LogP contribution in [0.4, 0.5) is 0 Å². The number of nitrogens with zero attached hydrogens (tertiary/aromatic N) is 1. The third kappa shape index (κ3) is 4.91. The highest BCUT2D eigenvalue weighted by Gasteiger charge is 2.22. The second kappa shape index (κ2) is 8.08. The summed E-state index contributed by atoms with van der Waals surface area (Å²) in [4.78, 5) is 11.2. The Morgan fingerprint density at radius 1 is 1.00 bits per heavy atom. The molecule has 0 aromatic heterocycles. The fraction of sp³-hybridized carbons (Fsp3) is 0.278. The van der Waals surface area contributed by atoms with Gasteiger partial charge in [0.2, 0.25) is 10.0 Å². The summed E-state index contributed by atoms with van der Waals surface area (Å²) in [6, 6.07) is 18.1. The van der Waals surface area contributed by atoms with Gasteiger partial charge in [0.1, 0.15) is 0 Å². The number of likely N-dealkylation sites (N-methyl/N-ethyl adjacent to an activating group) is 1. The van der Waals surface area contributed by atoms with Crippen LogP contribution in [-0.2, 0) is 26.0 Å². The Morgan fingerprint density at radius 2 is 1.58 bits per heavy atom. The van der Waals surface area contributed by atoms with E-state index in [0.717, 1.165) is 16.7 Å². The summed E-state index contributed by atoms with van der Waals surface area (Å²) in [6.07, 6.45) is 0.575. The molecule has 0 N–H and O–H groups in total. The van der Waals surface area contributed by atoms with Gasteiger partial charge in [0.05, 0.1) is 7.11 Å². The Labute approximate surface area is 142 Å². The highest BCUT2D eigenvalue weighted by atomic mass is 32.2. The van der Waals surface area contributed by atoms with Gasteiger partial charge in [-0.1, -0.05) is 54.6 Å². The van der Waals surface area contributed by atoms with E-state index in [2.05, 4.69) is 4.74 Å². The van der Waals surface area contributed by atoms with Gasteiger partial charge in [0, 0.05) is 13.6 Å². The maximum absolute atomic E-state index is 12.0. The van der Waals surface area contributed by atoms with Crippen molar-refractivity contribution in [1.29, 1.82) is 0 Å². The standard InChI is InChI=1S/C18H21NO4S/c1-19(24(21,22)14-18(20)23-2)13-12-15-8-10-17(11-9-15)16-6-4-3-5-7-16/h3-11H,12-14H2,1-2H3. The van der Waals surface area contributed by atoms with E-state index in [1.54, 1.807) is 0 Å². The van der Waals surface area contributed by atoms with E-state index in [1.165, 1.54) is 18.5 Å². The monoisotopic (exact) mass is 347 g/mol. The molecular weight excluding hydrogens is 326 g/mol. The molecule has 0 unspecified atom stereocenters. The molecular formula is C18H21NO4S. The minimum atomic E-state index is -3.63. The summed E-state index contributed by atoms with van der Waals surface area (Å²) in [7, 11) is -0.992. The van der Waals surface area contributed by atoms with E-state index in [0.29, 0.717) is 13.0 Å². The molecule has 128 valence electrons. The van der Waals surface area contributed by atoms with Crippen LogP contribution < -0.4 is 0 Å². The van der Waals surface area contributed by atoms with E-state index in [9.17, 15) is 13.2 Å². The lowest BCUT2D eigenvalue weighted by Gasteiger charge is -2.16. The topological polar surface area (TPSA) is 63.7 Å². The van der Waals surface area contributed by atoms with Crippen molar-refractivity contribution >= 4 is 16.0 Å². The first-order valence-corrected chi connectivity index (χ1v) is 9.18. The lowest BCUT2D eigenvalue weighted by Crippen LogP contribution is -2.34. The number of rotatable bonds is 7. The zero-order valence-electron chi connectivity index (χ0n) is 13.8. The Bertz CT molecular complexity index is 770. The molecule has 2 rings (SSSR count). The number of benzene rings is 2. The SMILES string of the molecule is COC(=O)CS(=O)(=O)N(C)CCc1ccc(-c2ccccc2)cc1. The molecule has 0 saturated carbocycles. The Hall–Kier alpha value is -2.18. The number of methoxy groups -OCH3 is 1. The van der Waals surface area contributed by atoms with Gasteiger partial charge in [-0.2, -0.15) is 0 Å². The van der Waals surface area contributed by atoms with Crippen molar-refractivity contribution in [3.05, 3.63) is 60.2 Å². The summed E-state index contributed by atoms with van der Waals surface area (Å²) in [6.45, 7) is 0.310.